The van der Waals surface area contributed by atoms with Crippen LogP contribution in [0.3, 0.4) is 0 Å². The van der Waals surface area contributed by atoms with Crippen LogP contribution in [-0.2, 0) is 0 Å². The minimum Gasteiger partial charge on any atom is -0.463 e. The van der Waals surface area contributed by atoms with Crippen molar-refractivity contribution in [1.29, 1.82) is 5.41 Å². The summed E-state index contributed by atoms with van der Waals surface area (Å²) in [6.45, 7) is 4.67. The Labute approximate surface area is 115 Å². The second-order valence-corrected chi connectivity index (χ2v) is 4.71. The number of amidine groups is 1. The van der Waals surface area contributed by atoms with E-state index in [-0.39, 0.29) is 5.84 Å². The topological polar surface area (TPSA) is 84.9 Å². The first-order valence-electron chi connectivity index (χ1n) is 6.96. The summed E-state index contributed by atoms with van der Waals surface area (Å²) in [6, 6.07) is 2.00. The molecule has 0 radical (unpaired) electrons. The molecule has 0 aromatic carbocycles. The second kappa shape index (κ2) is 8.45. The van der Waals surface area contributed by atoms with Gasteiger partial charge in [-0.2, -0.15) is 4.98 Å². The first kappa shape index (κ1) is 15.4. The molecule has 0 saturated heterocycles. The maximum atomic E-state index is 7.37. The molecule has 0 bridgehead atoms. The Balaban J connectivity index is 2.31. The van der Waals surface area contributed by atoms with Crippen LogP contribution in [0, 0.1) is 12.3 Å². The quantitative estimate of drug-likeness (QED) is 0.408. The lowest BCUT2D eigenvalue weighted by Gasteiger charge is -2.06. The lowest BCUT2D eigenvalue weighted by atomic mass is 10.1. The first-order valence-corrected chi connectivity index (χ1v) is 6.96. The second-order valence-electron chi connectivity index (χ2n) is 4.71. The van der Waals surface area contributed by atoms with Crippen LogP contribution in [-0.4, -0.2) is 22.4 Å². The molecule has 0 aliphatic heterocycles. The molecule has 1 aromatic heterocycles. The smallest absolute Gasteiger partial charge is 0.317 e. The number of nitrogen functional groups attached to an aromatic ring is 1. The molecule has 5 nitrogen and oxygen atoms in total. The standard InChI is InChI=1S/C14H24N4O/c1-3-4-5-6-7-8-9-19-14-17-11(2)10-12(18-14)13(15)16/h10H,3-9H2,1-2H3,(H3,15,16). The molecule has 1 rings (SSSR count). The molecule has 19 heavy (non-hydrogen) atoms. The summed E-state index contributed by atoms with van der Waals surface area (Å²) in [7, 11) is 0. The number of nitrogens with one attached hydrogen (secondary N) is 1. The summed E-state index contributed by atoms with van der Waals surface area (Å²) in [6.07, 6.45) is 7.31. The van der Waals surface area contributed by atoms with Crippen molar-refractivity contribution in [2.24, 2.45) is 5.73 Å². The predicted molar refractivity (Wildman–Crippen MR) is 76.7 cm³/mol. The van der Waals surface area contributed by atoms with Gasteiger partial charge in [0.1, 0.15) is 11.5 Å². The van der Waals surface area contributed by atoms with Gasteiger partial charge in [0.25, 0.3) is 0 Å². The summed E-state index contributed by atoms with van der Waals surface area (Å²) in [5, 5.41) is 7.37. The van der Waals surface area contributed by atoms with E-state index >= 15 is 0 Å². The van der Waals surface area contributed by atoms with E-state index in [1.54, 1.807) is 6.07 Å². The Hall–Kier alpha value is -1.65. The van der Waals surface area contributed by atoms with Gasteiger partial charge < -0.3 is 10.5 Å². The van der Waals surface area contributed by atoms with Crippen LogP contribution in [0.15, 0.2) is 6.07 Å². The minimum absolute atomic E-state index is 0.0603. The molecule has 0 spiro atoms. The number of aryl methyl sites for hydroxylation is 1. The molecule has 0 fully saturated rings. The van der Waals surface area contributed by atoms with Gasteiger partial charge >= 0.3 is 6.01 Å². The van der Waals surface area contributed by atoms with Crippen molar-refractivity contribution in [3.63, 3.8) is 0 Å². The molecule has 3 N–H and O–H groups in total. The summed E-state index contributed by atoms with van der Waals surface area (Å²) >= 11 is 0. The fourth-order valence-electron chi connectivity index (χ4n) is 1.79. The zero-order valence-electron chi connectivity index (χ0n) is 11.9. The van der Waals surface area contributed by atoms with Crippen LogP contribution in [0.5, 0.6) is 6.01 Å². The fraction of sp³-hybridized carbons (Fsp3) is 0.643. The molecule has 5 heteroatoms. The molecule has 0 aliphatic carbocycles. The third kappa shape index (κ3) is 6.18. The van der Waals surface area contributed by atoms with Gasteiger partial charge in [0, 0.05) is 5.69 Å². The normalized spacial score (nSPS) is 10.4. The van der Waals surface area contributed by atoms with Crippen molar-refractivity contribution in [1.82, 2.24) is 9.97 Å². The molecule has 0 amide bonds. The summed E-state index contributed by atoms with van der Waals surface area (Å²) in [5.41, 5.74) is 6.60. The number of ether oxygens (including phenoxy) is 1. The van der Waals surface area contributed by atoms with E-state index in [2.05, 4.69) is 16.9 Å². The molecule has 1 aromatic rings. The molecule has 106 valence electrons. The highest BCUT2D eigenvalue weighted by Gasteiger charge is 2.05. The largest absolute Gasteiger partial charge is 0.463 e. The van der Waals surface area contributed by atoms with Gasteiger partial charge in [-0.25, -0.2) is 4.98 Å². The number of nitrogens with zero attached hydrogens (tertiary/aromatic N) is 2. The number of aromatic nitrogens is 2. The first-order chi connectivity index (χ1) is 9.13. The average molecular weight is 264 g/mol. The molecular formula is C14H24N4O. The van der Waals surface area contributed by atoms with Gasteiger partial charge in [0.2, 0.25) is 0 Å². The van der Waals surface area contributed by atoms with Crippen molar-refractivity contribution < 1.29 is 4.74 Å². The lowest BCUT2D eigenvalue weighted by Crippen LogP contribution is -2.15. The van der Waals surface area contributed by atoms with Crippen LogP contribution in [0.25, 0.3) is 0 Å². The highest BCUT2D eigenvalue weighted by Crippen LogP contribution is 2.09. The Morgan fingerprint density at radius 2 is 1.89 bits per heavy atom. The number of rotatable bonds is 9. The van der Waals surface area contributed by atoms with Gasteiger partial charge in [0.05, 0.1) is 6.61 Å². The number of hydrogen-bond donors (Lipinski definition) is 2. The van der Waals surface area contributed by atoms with Crippen LogP contribution >= 0.6 is 0 Å². The van der Waals surface area contributed by atoms with E-state index in [4.69, 9.17) is 15.9 Å². The van der Waals surface area contributed by atoms with Crippen molar-refractivity contribution in [2.75, 3.05) is 6.61 Å². The van der Waals surface area contributed by atoms with Crippen LogP contribution in [0.1, 0.15) is 56.8 Å². The zero-order chi connectivity index (χ0) is 14.1. The van der Waals surface area contributed by atoms with Crippen LogP contribution < -0.4 is 10.5 Å². The van der Waals surface area contributed by atoms with Gasteiger partial charge in [-0.05, 0) is 19.4 Å². The van der Waals surface area contributed by atoms with E-state index in [1.807, 2.05) is 6.92 Å². The van der Waals surface area contributed by atoms with Crippen molar-refractivity contribution in [3.05, 3.63) is 17.5 Å². The summed E-state index contributed by atoms with van der Waals surface area (Å²) in [5.74, 6) is -0.0603. The Morgan fingerprint density at radius 1 is 1.21 bits per heavy atom. The molecule has 0 atom stereocenters. The highest BCUT2D eigenvalue weighted by atomic mass is 16.5. The fourth-order valence-corrected chi connectivity index (χ4v) is 1.79. The van der Waals surface area contributed by atoms with Gasteiger partial charge in [-0.15, -0.1) is 0 Å². The maximum Gasteiger partial charge on any atom is 0.317 e. The molecular weight excluding hydrogens is 240 g/mol. The van der Waals surface area contributed by atoms with E-state index < -0.39 is 0 Å². The van der Waals surface area contributed by atoms with Crippen molar-refractivity contribution in [2.45, 2.75) is 52.4 Å². The SMILES string of the molecule is CCCCCCCCOc1nc(C)cc(C(=N)N)n1. The van der Waals surface area contributed by atoms with Crippen molar-refractivity contribution >= 4 is 5.84 Å². The molecule has 0 saturated carbocycles. The van der Waals surface area contributed by atoms with Crippen molar-refractivity contribution in [3.8, 4) is 6.01 Å². The Morgan fingerprint density at radius 3 is 2.58 bits per heavy atom. The Kier molecular flexibility index (Phi) is 6.85. The van der Waals surface area contributed by atoms with E-state index in [0.29, 0.717) is 18.3 Å². The van der Waals surface area contributed by atoms with Crippen LogP contribution in [0.4, 0.5) is 0 Å². The van der Waals surface area contributed by atoms with Crippen LogP contribution in [0.2, 0.25) is 0 Å². The average Bonchev–Trinajstić information content (AvgIpc) is 2.37. The zero-order valence-corrected chi connectivity index (χ0v) is 11.9. The van der Waals surface area contributed by atoms with Gasteiger partial charge in [-0.3, -0.25) is 5.41 Å². The Bertz CT molecular complexity index is 406. The van der Waals surface area contributed by atoms with Gasteiger partial charge in [-0.1, -0.05) is 39.0 Å². The van der Waals surface area contributed by atoms with E-state index in [1.165, 1.54) is 32.1 Å². The molecule has 1 heterocycles. The number of nitrogens with two attached hydrogens (primary N) is 1. The predicted octanol–water partition coefficient (Wildman–Crippen LogP) is 2.81. The summed E-state index contributed by atoms with van der Waals surface area (Å²) < 4.78 is 5.51. The van der Waals surface area contributed by atoms with E-state index in [9.17, 15) is 0 Å². The summed E-state index contributed by atoms with van der Waals surface area (Å²) in [4.78, 5) is 8.28. The molecule has 0 unspecified atom stereocenters. The monoisotopic (exact) mass is 264 g/mol. The molecule has 0 aliphatic rings. The highest BCUT2D eigenvalue weighted by molar-refractivity contribution is 5.93. The number of hydrogen-bond acceptors (Lipinski definition) is 4. The van der Waals surface area contributed by atoms with Gasteiger partial charge in [0.15, 0.2) is 0 Å². The number of unbranched alkanes of at least 4 members (excludes halogenated alkanes) is 5. The minimum atomic E-state index is -0.0603. The third-order valence-electron chi connectivity index (χ3n) is 2.84. The maximum absolute atomic E-state index is 7.37. The third-order valence-corrected chi connectivity index (χ3v) is 2.84. The van der Waals surface area contributed by atoms with E-state index in [0.717, 1.165) is 12.1 Å². The lowest BCUT2D eigenvalue weighted by molar-refractivity contribution is 0.280.